The molecule has 2 atom stereocenters. The zero-order valence-electron chi connectivity index (χ0n) is 18.3. The molecule has 1 spiro atoms. The number of anilines is 1. The van der Waals surface area contributed by atoms with Gasteiger partial charge in [0.05, 0.1) is 31.5 Å². The molecule has 2 aromatic carbocycles. The van der Waals surface area contributed by atoms with E-state index in [1.807, 2.05) is 0 Å². The first-order valence-corrected chi connectivity index (χ1v) is 10.3. The van der Waals surface area contributed by atoms with Gasteiger partial charge in [0.25, 0.3) is 0 Å². The minimum absolute atomic E-state index is 0.0328. The van der Waals surface area contributed by atoms with Gasteiger partial charge >= 0.3 is 5.97 Å². The highest BCUT2D eigenvalue weighted by Crippen LogP contribution is 2.57. The quantitative estimate of drug-likeness (QED) is 0.573. The van der Waals surface area contributed by atoms with Crippen LogP contribution in [0, 0.1) is 22.7 Å². The Labute approximate surface area is 194 Å². The number of rotatable bonds is 4. The van der Waals surface area contributed by atoms with Gasteiger partial charge in [0, 0.05) is 11.3 Å². The van der Waals surface area contributed by atoms with Crippen LogP contribution in [0.4, 0.5) is 5.69 Å². The number of hydrogen-bond acceptors (Lipinski definition) is 8. The van der Waals surface area contributed by atoms with Crippen molar-refractivity contribution in [1.29, 1.82) is 10.7 Å². The number of hydrogen-bond donors (Lipinski definition) is 2. The number of para-hydroxylation sites is 1. The van der Waals surface area contributed by atoms with Crippen LogP contribution in [0.2, 0.25) is 0 Å². The summed E-state index contributed by atoms with van der Waals surface area (Å²) in [7, 11) is 2.80. The molecular weight excluding hydrogens is 438 g/mol. The van der Waals surface area contributed by atoms with E-state index >= 15 is 0 Å². The summed E-state index contributed by atoms with van der Waals surface area (Å²) in [6, 6.07) is 16.1. The molecule has 170 valence electrons. The van der Waals surface area contributed by atoms with Gasteiger partial charge in [-0.15, -0.1) is 5.10 Å². The summed E-state index contributed by atoms with van der Waals surface area (Å²) in [6.07, 6.45) is 0. The van der Waals surface area contributed by atoms with Crippen LogP contribution in [0.1, 0.15) is 11.1 Å². The zero-order chi connectivity index (χ0) is 24.0. The van der Waals surface area contributed by atoms with E-state index in [1.165, 1.54) is 12.0 Å². The predicted octanol–water partition coefficient (Wildman–Crippen LogP) is 2.40. The van der Waals surface area contributed by atoms with Gasteiger partial charge in [0.2, 0.25) is 17.7 Å². The second kappa shape index (κ2) is 7.74. The van der Waals surface area contributed by atoms with Crippen molar-refractivity contribution in [3.63, 3.8) is 0 Å². The van der Waals surface area contributed by atoms with Crippen molar-refractivity contribution in [2.75, 3.05) is 25.7 Å². The van der Waals surface area contributed by atoms with Crippen LogP contribution in [0.25, 0.3) is 11.3 Å². The fourth-order valence-corrected chi connectivity index (χ4v) is 4.74. The number of nitrogens with one attached hydrogen (secondary N) is 2. The van der Waals surface area contributed by atoms with E-state index in [1.54, 1.807) is 55.6 Å². The maximum Gasteiger partial charge on any atom is 0.325 e. The first kappa shape index (κ1) is 21.2. The van der Waals surface area contributed by atoms with Crippen LogP contribution in [0.15, 0.2) is 48.5 Å². The average molecular weight is 457 g/mol. The van der Waals surface area contributed by atoms with E-state index in [0.29, 0.717) is 33.8 Å². The smallest absolute Gasteiger partial charge is 0.325 e. The van der Waals surface area contributed by atoms with Crippen molar-refractivity contribution >= 4 is 23.5 Å². The van der Waals surface area contributed by atoms with Crippen LogP contribution in [-0.4, -0.2) is 48.7 Å². The molecule has 3 aromatic rings. The van der Waals surface area contributed by atoms with Crippen LogP contribution in [0.5, 0.6) is 11.6 Å². The number of nitriles is 1. The number of carbonyl (C=O) groups excluding carboxylic acids is 2. The second-order valence-electron chi connectivity index (χ2n) is 7.83. The summed E-state index contributed by atoms with van der Waals surface area (Å²) in [5.74, 6) is -2.15. The molecule has 0 fully saturated rings. The van der Waals surface area contributed by atoms with Gasteiger partial charge in [-0.25, -0.2) is 0 Å². The van der Waals surface area contributed by atoms with Crippen LogP contribution in [0.3, 0.4) is 0 Å². The van der Waals surface area contributed by atoms with E-state index in [2.05, 4.69) is 16.3 Å². The van der Waals surface area contributed by atoms with E-state index in [-0.39, 0.29) is 12.4 Å². The number of aromatic amines is 1. The normalized spacial score (nSPS) is 20.4. The molecular formula is C24H19N5O5. The number of esters is 1. The minimum Gasteiger partial charge on any atom is -0.497 e. The lowest BCUT2D eigenvalue weighted by atomic mass is 9.65. The number of amides is 1. The first-order valence-electron chi connectivity index (χ1n) is 10.3. The Morgan fingerprint density at radius 3 is 2.68 bits per heavy atom. The summed E-state index contributed by atoms with van der Waals surface area (Å²) in [6.45, 7) is -0.342. The van der Waals surface area contributed by atoms with E-state index in [0.717, 1.165) is 0 Å². The highest BCUT2D eigenvalue weighted by molar-refractivity contribution is 6.17. The molecule has 2 aliphatic rings. The molecule has 10 nitrogen and oxygen atoms in total. The van der Waals surface area contributed by atoms with Crippen molar-refractivity contribution in [2.24, 2.45) is 5.92 Å². The molecule has 0 saturated carbocycles. The van der Waals surface area contributed by atoms with Crippen molar-refractivity contribution in [3.8, 4) is 29.0 Å². The van der Waals surface area contributed by atoms with Gasteiger partial charge in [0.1, 0.15) is 23.6 Å². The van der Waals surface area contributed by atoms with Gasteiger partial charge in [0.15, 0.2) is 0 Å². The summed E-state index contributed by atoms with van der Waals surface area (Å²) in [5.41, 5.74) is 0.784. The lowest BCUT2D eigenvalue weighted by molar-refractivity contribution is -0.140. The summed E-state index contributed by atoms with van der Waals surface area (Å²) < 4.78 is 15.6. The van der Waals surface area contributed by atoms with Gasteiger partial charge in [-0.2, -0.15) is 5.26 Å². The fraction of sp³-hybridized carbons (Fsp3) is 0.208. The van der Waals surface area contributed by atoms with E-state index in [9.17, 15) is 14.9 Å². The number of carbonyl (C=O) groups is 2. The van der Waals surface area contributed by atoms with Crippen LogP contribution >= 0.6 is 0 Å². The van der Waals surface area contributed by atoms with Crippen molar-refractivity contribution < 1.29 is 23.8 Å². The third-order valence-corrected chi connectivity index (χ3v) is 6.25. The topological polar surface area (TPSA) is 141 Å². The predicted molar refractivity (Wildman–Crippen MR) is 120 cm³/mol. The average Bonchev–Trinajstić information content (AvgIpc) is 3.38. The second-order valence-corrected chi connectivity index (χ2v) is 7.83. The number of nitrogens with zero attached hydrogens (tertiary/aromatic N) is 3. The number of H-pyrrole nitrogens is 1. The first-order chi connectivity index (χ1) is 16.5. The minimum atomic E-state index is -1.65. The van der Waals surface area contributed by atoms with Crippen LogP contribution in [-0.2, 0) is 19.7 Å². The standard InChI is InChI=1S/C24H19N5O5/c1-32-14-9-7-13(8-10-14)20-19-22(28-27-20)34-21(26)16(11-25)24(19)15-5-3-4-6-17(15)29(23(24)31)12-18(30)33-2/h3-10,16,26H,12H2,1-2H3,(H,27,28). The molecule has 0 radical (unpaired) electrons. The number of benzene rings is 2. The highest BCUT2D eigenvalue weighted by Gasteiger charge is 2.64. The zero-order valence-corrected chi connectivity index (χ0v) is 18.3. The summed E-state index contributed by atoms with van der Waals surface area (Å²) >= 11 is 0. The Balaban J connectivity index is 1.81. The Bertz CT molecular complexity index is 1370. The third-order valence-electron chi connectivity index (χ3n) is 6.25. The SMILES string of the molecule is COC(=O)CN1C(=O)C2(c3ccccc31)c1c(n[nH]c1-c1ccc(OC)cc1)OC(=N)C2C#N. The largest absolute Gasteiger partial charge is 0.497 e. The summed E-state index contributed by atoms with van der Waals surface area (Å²) in [5, 5.41) is 25.7. The molecule has 2 unspecified atom stereocenters. The van der Waals surface area contributed by atoms with Gasteiger partial charge < -0.3 is 14.2 Å². The van der Waals surface area contributed by atoms with Gasteiger partial charge in [-0.3, -0.25) is 25.0 Å². The third kappa shape index (κ3) is 2.73. The highest BCUT2D eigenvalue weighted by atomic mass is 16.5. The molecule has 10 heteroatoms. The molecule has 0 aliphatic carbocycles. The molecule has 0 bridgehead atoms. The lowest BCUT2D eigenvalue weighted by Gasteiger charge is -2.36. The number of methoxy groups -OCH3 is 2. The molecule has 1 aromatic heterocycles. The monoisotopic (exact) mass is 457 g/mol. The van der Waals surface area contributed by atoms with E-state index < -0.39 is 29.1 Å². The Morgan fingerprint density at radius 2 is 2.00 bits per heavy atom. The number of aromatic nitrogens is 2. The maximum atomic E-state index is 14.2. The number of fused-ring (bicyclic) bond motifs is 4. The van der Waals surface area contributed by atoms with Gasteiger partial charge in [-0.05, 0) is 35.9 Å². The lowest BCUT2D eigenvalue weighted by Crippen LogP contribution is -2.53. The van der Waals surface area contributed by atoms with Gasteiger partial charge in [-0.1, -0.05) is 18.2 Å². The Hall–Kier alpha value is -4.65. The molecule has 1 amide bonds. The van der Waals surface area contributed by atoms with Crippen molar-refractivity contribution in [1.82, 2.24) is 10.2 Å². The number of ether oxygens (including phenoxy) is 3. The Kier molecular flexibility index (Phi) is 4.83. The molecule has 2 aliphatic heterocycles. The maximum absolute atomic E-state index is 14.2. The molecule has 5 rings (SSSR count). The van der Waals surface area contributed by atoms with E-state index in [4.69, 9.17) is 19.6 Å². The van der Waals surface area contributed by atoms with Crippen LogP contribution < -0.4 is 14.4 Å². The Morgan fingerprint density at radius 1 is 1.26 bits per heavy atom. The molecule has 2 N–H and O–H groups in total. The fourth-order valence-electron chi connectivity index (χ4n) is 4.74. The van der Waals surface area contributed by atoms with Crippen molar-refractivity contribution in [3.05, 3.63) is 59.7 Å². The summed E-state index contributed by atoms with van der Waals surface area (Å²) in [4.78, 5) is 27.7. The van der Waals surface area contributed by atoms with Crippen molar-refractivity contribution in [2.45, 2.75) is 5.41 Å². The molecule has 3 heterocycles. The molecule has 0 saturated heterocycles. The molecule has 34 heavy (non-hydrogen) atoms.